The van der Waals surface area contributed by atoms with Gasteiger partial charge < -0.3 is 5.32 Å². The molecule has 6 heteroatoms. The van der Waals surface area contributed by atoms with E-state index in [1.807, 2.05) is 0 Å². The Balaban J connectivity index is 2.27. The topological polar surface area (TPSA) is 74.8 Å². The highest BCUT2D eigenvalue weighted by Gasteiger charge is 2.05. The lowest BCUT2D eigenvalue weighted by Gasteiger charge is -2.06. The Morgan fingerprint density at radius 3 is 2.63 bits per heavy atom. The van der Waals surface area contributed by atoms with Crippen LogP contribution in [0.25, 0.3) is 11.3 Å². The largest absolute Gasteiger partial charge is 0.324 e. The molecular weight excluding hydrogens is 249 g/mol. The lowest BCUT2D eigenvalue weighted by atomic mass is 10.1. The number of aromatic amines is 1. The van der Waals surface area contributed by atoms with Crippen molar-refractivity contribution in [3.8, 4) is 11.3 Å². The fourth-order valence-electron chi connectivity index (χ4n) is 1.69. The molecule has 0 saturated heterocycles. The minimum Gasteiger partial charge on any atom is -0.324 e. The fraction of sp³-hybridized carbons (Fsp3) is 0.154. The van der Waals surface area contributed by atoms with Gasteiger partial charge in [-0.3, -0.25) is 9.59 Å². The molecule has 2 N–H and O–H groups in total. The second-order valence-corrected chi connectivity index (χ2v) is 4.02. The molecule has 2 rings (SSSR count). The van der Waals surface area contributed by atoms with Crippen molar-refractivity contribution in [2.75, 3.05) is 12.0 Å². The minimum atomic E-state index is -1.05. The second kappa shape index (κ2) is 5.43. The number of halogens is 1. The van der Waals surface area contributed by atoms with E-state index in [9.17, 15) is 14.0 Å². The molecule has 0 saturated carbocycles. The molecule has 1 aromatic heterocycles. The van der Waals surface area contributed by atoms with Crippen LogP contribution >= 0.6 is 0 Å². The number of carbonyl (C=O) groups excluding carboxylic acids is 1. The van der Waals surface area contributed by atoms with E-state index in [1.165, 1.54) is 6.07 Å². The van der Waals surface area contributed by atoms with Crippen LogP contribution in [0.15, 0.2) is 35.1 Å². The highest BCUT2D eigenvalue weighted by atomic mass is 19.1. The zero-order valence-electron chi connectivity index (χ0n) is 10.2. The van der Waals surface area contributed by atoms with Crippen molar-refractivity contribution < 1.29 is 9.18 Å². The van der Waals surface area contributed by atoms with Crippen molar-refractivity contribution in [2.45, 2.75) is 6.92 Å². The van der Waals surface area contributed by atoms with Gasteiger partial charge in [-0.1, -0.05) is 12.1 Å². The summed E-state index contributed by atoms with van der Waals surface area (Å²) >= 11 is 0. The number of hydrogen-bond acceptors (Lipinski definition) is 3. The molecule has 0 spiro atoms. The number of alkyl halides is 1. The van der Waals surface area contributed by atoms with Crippen molar-refractivity contribution in [1.82, 2.24) is 10.2 Å². The maximum Gasteiger partial charge on any atom is 0.264 e. The quantitative estimate of drug-likeness (QED) is 0.882. The van der Waals surface area contributed by atoms with Crippen molar-refractivity contribution in [2.24, 2.45) is 0 Å². The van der Waals surface area contributed by atoms with Gasteiger partial charge in [0, 0.05) is 17.3 Å². The van der Waals surface area contributed by atoms with Gasteiger partial charge in [-0.05, 0) is 24.6 Å². The monoisotopic (exact) mass is 261 g/mol. The Labute approximate surface area is 108 Å². The Morgan fingerprint density at radius 2 is 2.05 bits per heavy atom. The van der Waals surface area contributed by atoms with E-state index in [0.29, 0.717) is 11.4 Å². The van der Waals surface area contributed by atoms with Crippen molar-refractivity contribution in [3.05, 3.63) is 46.2 Å². The number of aromatic nitrogens is 2. The van der Waals surface area contributed by atoms with E-state index in [0.717, 1.165) is 11.1 Å². The first-order valence-electron chi connectivity index (χ1n) is 5.62. The van der Waals surface area contributed by atoms with Crippen LogP contribution in [0.1, 0.15) is 5.56 Å². The minimum absolute atomic E-state index is 0.256. The van der Waals surface area contributed by atoms with Crippen LogP contribution in [-0.2, 0) is 4.79 Å². The Hall–Kier alpha value is -2.50. The average Bonchev–Trinajstić information content (AvgIpc) is 2.40. The molecule has 0 bridgehead atoms. The van der Waals surface area contributed by atoms with Crippen LogP contribution in [0.2, 0.25) is 0 Å². The number of nitrogens with zero attached hydrogens (tertiary/aromatic N) is 1. The van der Waals surface area contributed by atoms with Gasteiger partial charge in [0.05, 0.1) is 5.69 Å². The molecule has 0 aliphatic carbocycles. The second-order valence-electron chi connectivity index (χ2n) is 4.02. The molecule has 0 unspecified atom stereocenters. The van der Waals surface area contributed by atoms with Gasteiger partial charge >= 0.3 is 0 Å². The molecule has 0 aliphatic heterocycles. The molecule has 0 atom stereocenters. The van der Waals surface area contributed by atoms with Gasteiger partial charge in [-0.25, -0.2) is 9.49 Å². The maximum atomic E-state index is 12.1. The van der Waals surface area contributed by atoms with Crippen LogP contribution in [0.5, 0.6) is 0 Å². The zero-order chi connectivity index (χ0) is 13.8. The summed E-state index contributed by atoms with van der Waals surface area (Å²) in [4.78, 5) is 22.0. The maximum absolute atomic E-state index is 12.1. The van der Waals surface area contributed by atoms with Gasteiger partial charge in [0.25, 0.3) is 11.5 Å². The standard InChI is InChI=1S/C13H12FN3O2/c1-8-6-11(18)16-17-13(8)9-2-4-10(5-3-9)15-12(19)7-14/h2-6H,7H2,1H3,(H,15,19)(H,16,18). The van der Waals surface area contributed by atoms with Crippen LogP contribution in [0.3, 0.4) is 0 Å². The summed E-state index contributed by atoms with van der Waals surface area (Å²) in [6.07, 6.45) is 0. The lowest BCUT2D eigenvalue weighted by molar-refractivity contribution is -0.117. The highest BCUT2D eigenvalue weighted by Crippen LogP contribution is 2.21. The van der Waals surface area contributed by atoms with E-state index in [1.54, 1.807) is 31.2 Å². The van der Waals surface area contributed by atoms with Gasteiger partial charge in [0.1, 0.15) is 0 Å². The average molecular weight is 261 g/mol. The predicted molar refractivity (Wildman–Crippen MR) is 69.6 cm³/mol. The zero-order valence-corrected chi connectivity index (χ0v) is 10.2. The van der Waals surface area contributed by atoms with E-state index in [2.05, 4.69) is 15.5 Å². The first-order valence-corrected chi connectivity index (χ1v) is 5.62. The van der Waals surface area contributed by atoms with Crippen LogP contribution in [0, 0.1) is 6.92 Å². The molecule has 1 heterocycles. The summed E-state index contributed by atoms with van der Waals surface area (Å²) in [7, 11) is 0. The number of amides is 1. The van der Waals surface area contributed by atoms with Gasteiger partial charge in [-0.15, -0.1) is 0 Å². The number of nitrogens with one attached hydrogen (secondary N) is 2. The van der Waals surface area contributed by atoms with Crippen molar-refractivity contribution in [1.29, 1.82) is 0 Å². The number of H-pyrrole nitrogens is 1. The van der Waals surface area contributed by atoms with Gasteiger partial charge in [0.15, 0.2) is 6.67 Å². The summed E-state index contributed by atoms with van der Waals surface area (Å²) in [5.74, 6) is -0.689. The van der Waals surface area contributed by atoms with E-state index < -0.39 is 12.6 Å². The first kappa shape index (κ1) is 12.9. The van der Waals surface area contributed by atoms with Crippen LogP contribution in [0.4, 0.5) is 10.1 Å². The first-order chi connectivity index (χ1) is 9.10. The smallest absolute Gasteiger partial charge is 0.264 e. The molecule has 19 heavy (non-hydrogen) atoms. The number of anilines is 1. The number of rotatable bonds is 3. The SMILES string of the molecule is Cc1cc(=O)[nH]nc1-c1ccc(NC(=O)CF)cc1. The lowest BCUT2D eigenvalue weighted by Crippen LogP contribution is -2.12. The van der Waals surface area contributed by atoms with Crippen molar-refractivity contribution in [3.63, 3.8) is 0 Å². The Morgan fingerprint density at radius 1 is 1.37 bits per heavy atom. The molecule has 1 amide bonds. The number of aryl methyl sites for hydroxylation is 1. The molecule has 0 aliphatic rings. The molecule has 1 aromatic carbocycles. The van der Waals surface area contributed by atoms with E-state index in [-0.39, 0.29) is 5.56 Å². The van der Waals surface area contributed by atoms with Gasteiger partial charge in [-0.2, -0.15) is 5.10 Å². The third-order valence-electron chi connectivity index (χ3n) is 2.56. The summed E-state index contributed by atoms with van der Waals surface area (Å²) in [5.41, 5.74) is 2.46. The Bertz CT molecular complexity index is 650. The number of benzene rings is 1. The molecular formula is C13H12FN3O2. The summed E-state index contributed by atoms with van der Waals surface area (Å²) in [6, 6.07) is 8.23. The van der Waals surface area contributed by atoms with Gasteiger partial charge in [0.2, 0.25) is 0 Å². The van der Waals surface area contributed by atoms with Crippen molar-refractivity contribution >= 4 is 11.6 Å². The summed E-state index contributed by atoms with van der Waals surface area (Å²) < 4.78 is 12.1. The number of hydrogen-bond donors (Lipinski definition) is 2. The Kier molecular flexibility index (Phi) is 3.70. The third-order valence-corrected chi connectivity index (χ3v) is 2.56. The molecule has 0 fully saturated rings. The van der Waals surface area contributed by atoms with E-state index in [4.69, 9.17) is 0 Å². The van der Waals surface area contributed by atoms with Crippen LogP contribution in [-0.4, -0.2) is 22.8 Å². The van der Waals surface area contributed by atoms with Crippen LogP contribution < -0.4 is 10.9 Å². The van der Waals surface area contributed by atoms with E-state index >= 15 is 0 Å². The molecule has 98 valence electrons. The molecule has 2 aromatic rings. The third kappa shape index (κ3) is 3.04. The number of carbonyl (C=O) groups is 1. The predicted octanol–water partition coefficient (Wildman–Crippen LogP) is 1.65. The highest BCUT2D eigenvalue weighted by molar-refractivity contribution is 5.91. The fourth-order valence-corrected chi connectivity index (χ4v) is 1.69. The normalized spacial score (nSPS) is 10.2. The molecule has 0 radical (unpaired) electrons. The molecule has 5 nitrogen and oxygen atoms in total. The summed E-state index contributed by atoms with van der Waals surface area (Å²) in [6.45, 7) is 0.735. The summed E-state index contributed by atoms with van der Waals surface area (Å²) in [5, 5.41) is 8.74.